The van der Waals surface area contributed by atoms with Crippen LogP contribution in [0.15, 0.2) is 23.1 Å². The van der Waals surface area contributed by atoms with Crippen LogP contribution in [-0.4, -0.2) is 30.0 Å². The van der Waals surface area contributed by atoms with Crippen molar-refractivity contribution in [2.75, 3.05) is 7.11 Å². The number of esters is 1. The van der Waals surface area contributed by atoms with E-state index in [4.69, 9.17) is 0 Å². The molecule has 1 aromatic rings. The zero-order chi connectivity index (χ0) is 14.4. The van der Waals surface area contributed by atoms with Crippen molar-refractivity contribution in [2.24, 2.45) is 5.92 Å². The summed E-state index contributed by atoms with van der Waals surface area (Å²) in [6.07, 6.45) is 2.04. The number of hydrogen-bond donors (Lipinski definition) is 2. The standard InChI is InChI=1S/C13H18N2O4/c1-4-8(2)11(13(18)19-3)15-12(17)9-5-6-10(16)14-7-9/h5-8,11H,4H2,1-3H3,(H,14,16)(H,15,17). The van der Waals surface area contributed by atoms with Gasteiger partial charge in [0.2, 0.25) is 5.56 Å². The minimum absolute atomic E-state index is 0.0424. The van der Waals surface area contributed by atoms with Crippen molar-refractivity contribution in [1.82, 2.24) is 10.3 Å². The predicted octanol–water partition coefficient (Wildman–Crippen LogP) is 0.692. The molecule has 19 heavy (non-hydrogen) atoms. The molecular weight excluding hydrogens is 248 g/mol. The Bertz CT molecular complexity index is 489. The van der Waals surface area contributed by atoms with Gasteiger partial charge in [0.1, 0.15) is 6.04 Å². The van der Waals surface area contributed by atoms with Crippen molar-refractivity contribution >= 4 is 11.9 Å². The molecule has 0 radical (unpaired) electrons. The number of H-pyrrole nitrogens is 1. The molecule has 1 heterocycles. The van der Waals surface area contributed by atoms with Crippen molar-refractivity contribution < 1.29 is 14.3 Å². The number of amides is 1. The summed E-state index contributed by atoms with van der Waals surface area (Å²) in [5, 5.41) is 2.62. The topological polar surface area (TPSA) is 88.3 Å². The first-order chi connectivity index (χ1) is 8.99. The first-order valence-electron chi connectivity index (χ1n) is 6.07. The van der Waals surface area contributed by atoms with Gasteiger partial charge < -0.3 is 15.0 Å². The maximum absolute atomic E-state index is 12.0. The molecule has 6 heteroatoms. The number of rotatable bonds is 5. The molecule has 0 aliphatic heterocycles. The lowest BCUT2D eigenvalue weighted by Gasteiger charge is -2.21. The van der Waals surface area contributed by atoms with Crippen molar-refractivity contribution in [3.05, 3.63) is 34.2 Å². The van der Waals surface area contributed by atoms with Crippen LogP contribution in [0.2, 0.25) is 0 Å². The van der Waals surface area contributed by atoms with E-state index in [9.17, 15) is 14.4 Å². The van der Waals surface area contributed by atoms with E-state index in [2.05, 4.69) is 15.0 Å². The minimum Gasteiger partial charge on any atom is -0.467 e. The molecule has 0 spiro atoms. The van der Waals surface area contributed by atoms with Gasteiger partial charge in [-0.1, -0.05) is 20.3 Å². The second-order valence-corrected chi connectivity index (χ2v) is 4.30. The molecule has 1 rings (SSSR count). The Hall–Kier alpha value is -2.11. The summed E-state index contributed by atoms with van der Waals surface area (Å²) in [6, 6.07) is 1.96. The molecule has 0 bridgehead atoms. The monoisotopic (exact) mass is 266 g/mol. The van der Waals surface area contributed by atoms with Crippen LogP contribution in [0.25, 0.3) is 0 Å². The molecule has 0 aromatic carbocycles. The van der Waals surface area contributed by atoms with Gasteiger partial charge in [-0.15, -0.1) is 0 Å². The lowest BCUT2D eigenvalue weighted by atomic mass is 9.99. The molecule has 0 aliphatic carbocycles. The minimum atomic E-state index is -0.700. The quantitative estimate of drug-likeness (QED) is 0.767. The number of carbonyl (C=O) groups excluding carboxylic acids is 2. The molecule has 2 atom stereocenters. The Morgan fingerprint density at radius 3 is 2.58 bits per heavy atom. The maximum atomic E-state index is 12.0. The Balaban J connectivity index is 2.84. The Morgan fingerprint density at radius 1 is 1.42 bits per heavy atom. The third kappa shape index (κ3) is 3.94. The Morgan fingerprint density at radius 2 is 2.11 bits per heavy atom. The summed E-state index contributed by atoms with van der Waals surface area (Å²) in [5.41, 5.74) is -0.000185. The van der Waals surface area contributed by atoms with Gasteiger partial charge in [-0.25, -0.2) is 4.79 Å². The van der Waals surface area contributed by atoms with Gasteiger partial charge in [-0.2, -0.15) is 0 Å². The highest BCUT2D eigenvalue weighted by atomic mass is 16.5. The fraction of sp³-hybridized carbons (Fsp3) is 0.462. The summed E-state index contributed by atoms with van der Waals surface area (Å²) >= 11 is 0. The summed E-state index contributed by atoms with van der Waals surface area (Å²) in [7, 11) is 1.28. The van der Waals surface area contributed by atoms with Gasteiger partial charge >= 0.3 is 5.97 Å². The van der Waals surface area contributed by atoms with E-state index in [0.29, 0.717) is 0 Å². The number of hydrogen-bond acceptors (Lipinski definition) is 4. The average Bonchev–Trinajstić information content (AvgIpc) is 2.43. The molecule has 0 saturated carbocycles. The van der Waals surface area contributed by atoms with Crippen molar-refractivity contribution in [3.8, 4) is 0 Å². The van der Waals surface area contributed by atoms with Gasteiger partial charge in [0.15, 0.2) is 0 Å². The average molecular weight is 266 g/mol. The highest BCUT2D eigenvalue weighted by Gasteiger charge is 2.26. The first-order valence-corrected chi connectivity index (χ1v) is 6.07. The molecule has 1 amide bonds. The molecule has 1 aromatic heterocycles. The number of aromatic nitrogens is 1. The van der Waals surface area contributed by atoms with Crippen molar-refractivity contribution in [1.29, 1.82) is 0 Å². The lowest BCUT2D eigenvalue weighted by Crippen LogP contribution is -2.45. The summed E-state index contributed by atoms with van der Waals surface area (Å²) < 4.78 is 4.68. The molecule has 0 saturated heterocycles. The van der Waals surface area contributed by atoms with Gasteiger partial charge in [-0.3, -0.25) is 9.59 Å². The second kappa shape index (κ2) is 6.72. The van der Waals surface area contributed by atoms with Crippen molar-refractivity contribution in [2.45, 2.75) is 26.3 Å². The number of aromatic amines is 1. The zero-order valence-corrected chi connectivity index (χ0v) is 11.2. The molecule has 2 unspecified atom stereocenters. The Labute approximate surface area is 111 Å². The molecule has 104 valence electrons. The number of methoxy groups -OCH3 is 1. The van der Waals surface area contributed by atoms with Gasteiger partial charge in [0.05, 0.1) is 12.7 Å². The molecule has 0 aliphatic rings. The van der Waals surface area contributed by atoms with E-state index in [0.717, 1.165) is 6.42 Å². The normalized spacial score (nSPS) is 13.4. The maximum Gasteiger partial charge on any atom is 0.328 e. The fourth-order valence-electron chi connectivity index (χ4n) is 1.57. The molecule has 2 N–H and O–H groups in total. The SMILES string of the molecule is CCC(C)C(NC(=O)c1ccc(=O)[nH]c1)C(=O)OC. The van der Waals surface area contributed by atoms with Crippen LogP contribution in [0.1, 0.15) is 30.6 Å². The third-order valence-electron chi connectivity index (χ3n) is 3.00. The number of ether oxygens (including phenoxy) is 1. The van der Waals surface area contributed by atoms with E-state index in [1.54, 1.807) is 0 Å². The number of pyridine rings is 1. The van der Waals surface area contributed by atoms with Gasteiger partial charge in [0.25, 0.3) is 5.91 Å². The fourth-order valence-corrected chi connectivity index (χ4v) is 1.57. The zero-order valence-electron chi connectivity index (χ0n) is 11.2. The third-order valence-corrected chi connectivity index (χ3v) is 3.00. The molecule has 6 nitrogen and oxygen atoms in total. The van der Waals surface area contributed by atoms with Crippen LogP contribution in [0.3, 0.4) is 0 Å². The van der Waals surface area contributed by atoms with Crippen LogP contribution in [-0.2, 0) is 9.53 Å². The van der Waals surface area contributed by atoms with Crippen LogP contribution in [0.5, 0.6) is 0 Å². The van der Waals surface area contributed by atoms with E-state index in [1.165, 1.54) is 25.4 Å². The van der Waals surface area contributed by atoms with E-state index >= 15 is 0 Å². The molecular formula is C13H18N2O4. The predicted molar refractivity (Wildman–Crippen MR) is 69.8 cm³/mol. The first kappa shape index (κ1) is 14.9. The van der Waals surface area contributed by atoms with Crippen molar-refractivity contribution in [3.63, 3.8) is 0 Å². The van der Waals surface area contributed by atoms with Crippen LogP contribution in [0, 0.1) is 5.92 Å². The van der Waals surface area contributed by atoms with Crippen LogP contribution >= 0.6 is 0 Å². The van der Waals surface area contributed by atoms with E-state index in [1.807, 2.05) is 13.8 Å². The number of carbonyl (C=O) groups is 2. The lowest BCUT2D eigenvalue weighted by molar-refractivity contribution is -0.144. The van der Waals surface area contributed by atoms with E-state index in [-0.39, 0.29) is 17.0 Å². The highest BCUT2D eigenvalue weighted by Crippen LogP contribution is 2.10. The summed E-state index contributed by atoms with van der Waals surface area (Å²) in [6.45, 7) is 3.78. The van der Waals surface area contributed by atoms with Crippen LogP contribution < -0.4 is 10.9 Å². The number of nitrogens with one attached hydrogen (secondary N) is 2. The summed E-state index contributed by atoms with van der Waals surface area (Å²) in [5.74, 6) is -0.946. The molecule has 0 fully saturated rings. The second-order valence-electron chi connectivity index (χ2n) is 4.30. The largest absolute Gasteiger partial charge is 0.467 e. The van der Waals surface area contributed by atoms with E-state index < -0.39 is 17.9 Å². The Kier molecular flexibility index (Phi) is 5.29. The smallest absolute Gasteiger partial charge is 0.328 e. The van der Waals surface area contributed by atoms with Crippen LogP contribution in [0.4, 0.5) is 0 Å². The summed E-state index contributed by atoms with van der Waals surface area (Å²) in [4.78, 5) is 36.9. The highest BCUT2D eigenvalue weighted by molar-refractivity contribution is 5.96. The van der Waals surface area contributed by atoms with Gasteiger partial charge in [-0.05, 0) is 12.0 Å². The van der Waals surface area contributed by atoms with Gasteiger partial charge in [0, 0.05) is 12.3 Å².